The fourth-order valence-electron chi connectivity index (χ4n) is 3.24. The van der Waals surface area contributed by atoms with Crippen LogP contribution in [-0.4, -0.2) is 53.5 Å². The molecule has 5 nitrogen and oxygen atoms in total. The number of aromatic nitrogens is 2. The topological polar surface area (TPSA) is 50.3 Å². The van der Waals surface area contributed by atoms with Gasteiger partial charge in [-0.05, 0) is 37.2 Å². The Hall–Kier alpha value is -1.82. The molecule has 0 amide bonds. The molecule has 1 aromatic carbocycles. The van der Waals surface area contributed by atoms with Gasteiger partial charge in [-0.15, -0.1) is 11.6 Å². The van der Waals surface area contributed by atoms with Gasteiger partial charge >= 0.3 is 0 Å². The lowest BCUT2D eigenvalue weighted by Gasteiger charge is -2.20. The van der Waals surface area contributed by atoms with Gasteiger partial charge in [0.25, 0.3) is 0 Å². The van der Waals surface area contributed by atoms with Crippen molar-refractivity contribution in [2.45, 2.75) is 26.7 Å². The van der Waals surface area contributed by atoms with E-state index in [1.54, 1.807) is 0 Å². The number of unbranched alkanes of at least 4 members (excludes halogenated alkanes) is 1. The summed E-state index contributed by atoms with van der Waals surface area (Å²) in [7, 11) is 0. The first-order valence-corrected chi connectivity index (χ1v) is 11.1. The van der Waals surface area contributed by atoms with E-state index in [1.807, 2.05) is 30.3 Å². The van der Waals surface area contributed by atoms with Crippen LogP contribution in [-0.2, 0) is 0 Å². The zero-order valence-electron chi connectivity index (χ0n) is 17.0. The average molecular weight is 435 g/mol. The van der Waals surface area contributed by atoms with Crippen molar-refractivity contribution in [2.75, 3.05) is 44.0 Å². The first-order valence-electron chi connectivity index (χ1n) is 10.2. The molecule has 2 aromatic heterocycles. The largest absolute Gasteiger partial charge is 0.478 e. The Labute approximate surface area is 182 Å². The molecule has 0 spiro atoms. The van der Waals surface area contributed by atoms with Crippen molar-refractivity contribution in [2.24, 2.45) is 0 Å². The quantitative estimate of drug-likeness (QED) is 0.242. The van der Waals surface area contributed by atoms with Gasteiger partial charge in [-0.2, -0.15) is 0 Å². The Bertz CT molecular complexity index is 951. The maximum Gasteiger partial charge on any atom is 0.213 e. The number of pyridine rings is 2. The molecule has 2 heterocycles. The van der Waals surface area contributed by atoms with E-state index < -0.39 is 0 Å². The average Bonchev–Trinajstić information content (AvgIpc) is 2.72. The van der Waals surface area contributed by atoms with E-state index in [4.69, 9.17) is 37.9 Å². The summed E-state index contributed by atoms with van der Waals surface area (Å²) in [6.45, 7) is 8.48. The van der Waals surface area contributed by atoms with Crippen molar-refractivity contribution in [3.63, 3.8) is 0 Å². The maximum absolute atomic E-state index is 6.20. The number of anilines is 1. The van der Waals surface area contributed by atoms with Crippen LogP contribution in [0.1, 0.15) is 26.7 Å². The SMILES string of the molecule is CCCCOc1ccc2nc3cc(Cl)ccc3c(NCCN(CC)CCCl)c2n1. The number of likely N-dealkylation sites (N-methyl/N-ethyl adjacent to an activating group) is 1. The standard InChI is InChI=1S/C22H28Cl2N4O/c1-3-5-14-29-20-9-8-18-22(27-20)21(25-11-13-28(4-2)12-10-23)17-7-6-16(24)15-19(17)26-18/h6-9,15H,3-5,10-14H2,1-2H3,(H,25,26). The van der Waals surface area contributed by atoms with E-state index in [1.165, 1.54) is 0 Å². The molecule has 0 saturated carbocycles. The van der Waals surface area contributed by atoms with Crippen LogP contribution in [0.15, 0.2) is 30.3 Å². The third-order valence-corrected chi connectivity index (χ3v) is 5.28. The Morgan fingerprint density at radius 1 is 1.07 bits per heavy atom. The summed E-state index contributed by atoms with van der Waals surface area (Å²) in [6.07, 6.45) is 2.09. The number of fused-ring (bicyclic) bond motifs is 2. The lowest BCUT2D eigenvalue weighted by Crippen LogP contribution is -2.30. The first-order chi connectivity index (χ1) is 14.2. The minimum Gasteiger partial charge on any atom is -0.478 e. The monoisotopic (exact) mass is 434 g/mol. The summed E-state index contributed by atoms with van der Waals surface area (Å²) >= 11 is 12.1. The highest BCUT2D eigenvalue weighted by molar-refractivity contribution is 6.31. The van der Waals surface area contributed by atoms with Crippen LogP contribution in [0, 0.1) is 0 Å². The molecule has 0 saturated heterocycles. The minimum atomic E-state index is 0.626. The van der Waals surface area contributed by atoms with E-state index in [2.05, 4.69) is 24.1 Å². The van der Waals surface area contributed by atoms with Crippen molar-refractivity contribution in [3.8, 4) is 5.88 Å². The smallest absolute Gasteiger partial charge is 0.213 e. The molecule has 0 bridgehead atoms. The first kappa shape index (κ1) is 21.9. The third-order valence-electron chi connectivity index (χ3n) is 4.88. The van der Waals surface area contributed by atoms with Crippen LogP contribution in [0.3, 0.4) is 0 Å². The van der Waals surface area contributed by atoms with Gasteiger partial charge in [-0.1, -0.05) is 31.9 Å². The van der Waals surface area contributed by atoms with Gasteiger partial charge in [0.2, 0.25) is 5.88 Å². The van der Waals surface area contributed by atoms with Crippen molar-refractivity contribution in [3.05, 3.63) is 35.4 Å². The normalized spacial score (nSPS) is 11.5. The van der Waals surface area contributed by atoms with Gasteiger partial charge in [-0.25, -0.2) is 9.97 Å². The Morgan fingerprint density at radius 2 is 1.93 bits per heavy atom. The molecule has 7 heteroatoms. The van der Waals surface area contributed by atoms with E-state index in [0.29, 0.717) is 23.4 Å². The van der Waals surface area contributed by atoms with Crippen LogP contribution in [0.2, 0.25) is 5.02 Å². The van der Waals surface area contributed by atoms with Gasteiger partial charge in [0, 0.05) is 42.0 Å². The van der Waals surface area contributed by atoms with Crippen molar-refractivity contribution >= 4 is 50.8 Å². The van der Waals surface area contributed by atoms with Crippen LogP contribution >= 0.6 is 23.2 Å². The summed E-state index contributed by atoms with van der Waals surface area (Å²) in [5, 5.41) is 5.25. The zero-order chi connectivity index (χ0) is 20.6. The number of hydrogen-bond donors (Lipinski definition) is 1. The molecule has 0 fully saturated rings. The second-order valence-electron chi connectivity index (χ2n) is 6.92. The molecular formula is C22H28Cl2N4O. The van der Waals surface area contributed by atoms with Gasteiger partial charge in [0.1, 0.15) is 5.52 Å². The molecule has 0 radical (unpaired) electrons. The summed E-state index contributed by atoms with van der Waals surface area (Å²) < 4.78 is 5.82. The number of nitrogens with one attached hydrogen (secondary N) is 1. The number of ether oxygens (including phenoxy) is 1. The maximum atomic E-state index is 6.20. The molecule has 0 aliphatic carbocycles. The highest BCUT2D eigenvalue weighted by atomic mass is 35.5. The number of halogens is 2. The molecule has 29 heavy (non-hydrogen) atoms. The van der Waals surface area contributed by atoms with Gasteiger partial charge in [0.15, 0.2) is 0 Å². The van der Waals surface area contributed by atoms with Gasteiger partial charge in [0.05, 0.1) is 23.3 Å². The van der Waals surface area contributed by atoms with E-state index >= 15 is 0 Å². The summed E-state index contributed by atoms with van der Waals surface area (Å²) in [4.78, 5) is 11.8. The predicted molar refractivity (Wildman–Crippen MR) is 124 cm³/mol. The van der Waals surface area contributed by atoms with Crippen LogP contribution < -0.4 is 10.1 Å². The molecular weight excluding hydrogens is 407 g/mol. The highest BCUT2D eigenvalue weighted by Crippen LogP contribution is 2.32. The number of benzene rings is 1. The fraction of sp³-hybridized carbons (Fsp3) is 0.455. The second-order valence-corrected chi connectivity index (χ2v) is 7.73. The van der Waals surface area contributed by atoms with E-state index in [0.717, 1.165) is 66.6 Å². The van der Waals surface area contributed by atoms with Gasteiger partial charge < -0.3 is 15.0 Å². The molecule has 0 atom stereocenters. The van der Waals surface area contributed by atoms with Crippen LogP contribution in [0.4, 0.5) is 5.69 Å². The van der Waals surface area contributed by atoms with E-state index in [-0.39, 0.29) is 0 Å². The number of nitrogens with zero attached hydrogens (tertiary/aromatic N) is 3. The zero-order valence-corrected chi connectivity index (χ0v) is 18.6. The lowest BCUT2D eigenvalue weighted by molar-refractivity contribution is 0.299. The predicted octanol–water partition coefficient (Wildman–Crippen LogP) is 5.59. The third kappa shape index (κ3) is 5.62. The number of hydrogen-bond acceptors (Lipinski definition) is 5. The second kappa shape index (κ2) is 10.8. The molecule has 0 unspecified atom stereocenters. The number of rotatable bonds is 11. The molecule has 156 valence electrons. The van der Waals surface area contributed by atoms with Crippen molar-refractivity contribution in [1.29, 1.82) is 0 Å². The summed E-state index contributed by atoms with van der Waals surface area (Å²) in [5.74, 6) is 1.26. The molecule has 1 N–H and O–H groups in total. The molecule has 0 aliphatic rings. The van der Waals surface area contributed by atoms with Crippen LogP contribution in [0.5, 0.6) is 5.88 Å². The Kier molecular flexibility index (Phi) is 8.16. The van der Waals surface area contributed by atoms with Crippen molar-refractivity contribution < 1.29 is 4.74 Å². The Morgan fingerprint density at radius 3 is 2.69 bits per heavy atom. The highest BCUT2D eigenvalue weighted by Gasteiger charge is 2.13. The summed E-state index contributed by atoms with van der Waals surface area (Å²) in [5.41, 5.74) is 3.44. The summed E-state index contributed by atoms with van der Waals surface area (Å²) in [6, 6.07) is 9.61. The van der Waals surface area contributed by atoms with Crippen LogP contribution in [0.25, 0.3) is 21.9 Å². The molecule has 3 aromatic rings. The lowest BCUT2D eigenvalue weighted by atomic mass is 10.1. The molecule has 0 aliphatic heterocycles. The van der Waals surface area contributed by atoms with Gasteiger partial charge in [-0.3, -0.25) is 0 Å². The minimum absolute atomic E-state index is 0.626. The molecule has 3 rings (SSSR count). The fourth-order valence-corrected chi connectivity index (χ4v) is 3.65. The van der Waals surface area contributed by atoms with E-state index in [9.17, 15) is 0 Å². The number of alkyl halides is 1. The Balaban J connectivity index is 1.95. The van der Waals surface area contributed by atoms with Crippen molar-refractivity contribution in [1.82, 2.24) is 14.9 Å².